The molecule has 0 bridgehead atoms. The first kappa shape index (κ1) is 15.4. The van der Waals surface area contributed by atoms with Gasteiger partial charge in [0.2, 0.25) is 5.91 Å². The molecule has 1 atom stereocenters. The van der Waals surface area contributed by atoms with Gasteiger partial charge in [-0.1, -0.05) is 12.1 Å². The zero-order valence-corrected chi connectivity index (χ0v) is 13.7. The molecule has 0 unspecified atom stereocenters. The molecule has 0 saturated heterocycles. The maximum atomic E-state index is 12.9. The van der Waals surface area contributed by atoms with Gasteiger partial charge in [0.15, 0.2) is 5.58 Å². The van der Waals surface area contributed by atoms with E-state index in [0.717, 1.165) is 11.3 Å². The highest BCUT2D eigenvalue weighted by Crippen LogP contribution is 2.22. The Morgan fingerprint density at radius 1 is 1.32 bits per heavy atom. The number of oxazole rings is 1. The molecule has 1 aliphatic heterocycles. The Labute approximate surface area is 142 Å². The molecule has 2 N–H and O–H groups in total. The van der Waals surface area contributed by atoms with Gasteiger partial charge in [-0.15, -0.1) is 5.10 Å². The van der Waals surface area contributed by atoms with E-state index in [1.165, 1.54) is 4.57 Å². The van der Waals surface area contributed by atoms with E-state index >= 15 is 0 Å². The van der Waals surface area contributed by atoms with Crippen LogP contribution in [0.5, 0.6) is 0 Å². The predicted molar refractivity (Wildman–Crippen MR) is 90.8 cm³/mol. The summed E-state index contributed by atoms with van der Waals surface area (Å²) in [6, 6.07) is 8.16. The van der Waals surface area contributed by atoms with Crippen molar-refractivity contribution in [2.75, 3.05) is 12.3 Å². The third kappa shape index (κ3) is 2.55. The minimum atomic E-state index is -0.662. The van der Waals surface area contributed by atoms with Gasteiger partial charge in [0.25, 0.3) is 0 Å². The van der Waals surface area contributed by atoms with Gasteiger partial charge in [-0.05, 0) is 30.7 Å². The molecule has 0 radical (unpaired) electrons. The number of benzene rings is 1. The quantitative estimate of drug-likeness (QED) is 0.749. The standard InChI is InChI=1S/C17H17N5O3/c1-10(22-13-4-2-3-5-14(13)25-17(22)24)16(23)21-7-6-12-11(9-21)8-15(18)20-19-12/h2-5,8,10H,6-7,9H2,1H3,(H2,18,20)/t10-/m0/s1. The molecule has 0 aliphatic carbocycles. The van der Waals surface area contributed by atoms with Crippen LogP contribution >= 0.6 is 0 Å². The SMILES string of the molecule is C[C@@H](C(=O)N1CCc2nnc(N)cc2C1)n1c(=O)oc2ccccc21. The number of anilines is 1. The number of carbonyl (C=O) groups excluding carboxylic acids is 1. The third-order valence-corrected chi connectivity index (χ3v) is 4.53. The molecule has 0 saturated carbocycles. The zero-order valence-electron chi connectivity index (χ0n) is 13.7. The number of hydrogen-bond acceptors (Lipinski definition) is 6. The lowest BCUT2D eigenvalue weighted by Crippen LogP contribution is -2.41. The van der Waals surface area contributed by atoms with Crippen LogP contribution < -0.4 is 11.5 Å². The fraction of sp³-hybridized carbons (Fsp3) is 0.294. The second kappa shape index (κ2) is 5.73. The van der Waals surface area contributed by atoms with Crippen LogP contribution in [-0.4, -0.2) is 32.1 Å². The molecule has 25 heavy (non-hydrogen) atoms. The fourth-order valence-electron chi connectivity index (χ4n) is 3.26. The number of aromatic nitrogens is 3. The average molecular weight is 339 g/mol. The van der Waals surface area contributed by atoms with E-state index in [-0.39, 0.29) is 5.91 Å². The number of amides is 1. The van der Waals surface area contributed by atoms with E-state index in [2.05, 4.69) is 10.2 Å². The second-order valence-electron chi connectivity index (χ2n) is 6.13. The first-order valence-corrected chi connectivity index (χ1v) is 8.04. The summed E-state index contributed by atoms with van der Waals surface area (Å²) < 4.78 is 6.63. The van der Waals surface area contributed by atoms with Crippen LogP contribution in [0.4, 0.5) is 5.82 Å². The molecule has 1 aliphatic rings. The van der Waals surface area contributed by atoms with Crippen molar-refractivity contribution in [1.82, 2.24) is 19.7 Å². The van der Waals surface area contributed by atoms with E-state index in [1.807, 2.05) is 6.07 Å². The number of para-hydroxylation sites is 2. The highest BCUT2D eigenvalue weighted by molar-refractivity contribution is 5.83. The number of nitrogens with zero attached hydrogens (tertiary/aromatic N) is 4. The summed E-state index contributed by atoms with van der Waals surface area (Å²) in [7, 11) is 0. The molecule has 1 aromatic carbocycles. The van der Waals surface area contributed by atoms with Gasteiger partial charge >= 0.3 is 5.76 Å². The molecule has 3 heterocycles. The van der Waals surface area contributed by atoms with Crippen LogP contribution in [0.25, 0.3) is 11.1 Å². The lowest BCUT2D eigenvalue weighted by molar-refractivity contribution is -0.135. The lowest BCUT2D eigenvalue weighted by atomic mass is 10.1. The van der Waals surface area contributed by atoms with Gasteiger partial charge in [-0.3, -0.25) is 9.36 Å². The Morgan fingerprint density at radius 2 is 2.12 bits per heavy atom. The Morgan fingerprint density at radius 3 is 2.96 bits per heavy atom. The van der Waals surface area contributed by atoms with Crippen molar-refractivity contribution in [3.8, 4) is 0 Å². The van der Waals surface area contributed by atoms with Gasteiger partial charge in [-0.25, -0.2) is 4.79 Å². The maximum Gasteiger partial charge on any atom is 0.420 e. The molecule has 0 fully saturated rings. The topological polar surface area (TPSA) is 107 Å². The van der Waals surface area contributed by atoms with Crippen molar-refractivity contribution in [2.45, 2.75) is 25.9 Å². The number of nitrogen functional groups attached to an aromatic ring is 1. The molecule has 4 rings (SSSR count). The number of fused-ring (bicyclic) bond motifs is 2. The minimum absolute atomic E-state index is 0.144. The molecule has 2 aromatic heterocycles. The van der Waals surface area contributed by atoms with E-state index in [4.69, 9.17) is 10.2 Å². The van der Waals surface area contributed by atoms with Crippen molar-refractivity contribution in [3.63, 3.8) is 0 Å². The van der Waals surface area contributed by atoms with E-state index in [1.54, 1.807) is 36.1 Å². The molecule has 8 nitrogen and oxygen atoms in total. The van der Waals surface area contributed by atoms with Crippen molar-refractivity contribution in [2.24, 2.45) is 0 Å². The predicted octanol–water partition coefficient (Wildman–Crippen LogP) is 1.11. The molecule has 0 spiro atoms. The first-order chi connectivity index (χ1) is 12.0. The van der Waals surface area contributed by atoms with Crippen LogP contribution in [0.15, 0.2) is 39.5 Å². The summed E-state index contributed by atoms with van der Waals surface area (Å²) in [5, 5.41) is 7.93. The van der Waals surface area contributed by atoms with E-state index in [9.17, 15) is 9.59 Å². The fourth-order valence-corrected chi connectivity index (χ4v) is 3.26. The van der Waals surface area contributed by atoms with Crippen molar-refractivity contribution in [1.29, 1.82) is 0 Å². The van der Waals surface area contributed by atoms with E-state index < -0.39 is 11.8 Å². The third-order valence-electron chi connectivity index (χ3n) is 4.53. The van der Waals surface area contributed by atoms with Gasteiger partial charge < -0.3 is 15.1 Å². The van der Waals surface area contributed by atoms with Gasteiger partial charge in [0, 0.05) is 19.5 Å². The number of nitrogens with two attached hydrogens (primary N) is 1. The summed E-state index contributed by atoms with van der Waals surface area (Å²) in [4.78, 5) is 26.9. The summed E-state index contributed by atoms with van der Waals surface area (Å²) in [5.41, 5.74) is 8.52. The van der Waals surface area contributed by atoms with Crippen LogP contribution in [0, 0.1) is 0 Å². The summed E-state index contributed by atoms with van der Waals surface area (Å²) >= 11 is 0. The second-order valence-corrected chi connectivity index (χ2v) is 6.13. The van der Waals surface area contributed by atoms with Gasteiger partial charge in [-0.2, -0.15) is 5.10 Å². The highest BCUT2D eigenvalue weighted by Gasteiger charge is 2.29. The Bertz CT molecular complexity index is 1020. The van der Waals surface area contributed by atoms with Crippen LogP contribution in [0.3, 0.4) is 0 Å². The Balaban J connectivity index is 1.65. The largest absolute Gasteiger partial charge is 0.420 e. The van der Waals surface area contributed by atoms with E-state index in [0.29, 0.717) is 36.4 Å². The van der Waals surface area contributed by atoms with Crippen molar-refractivity contribution >= 4 is 22.8 Å². The number of rotatable bonds is 2. The normalized spacial score (nSPS) is 15.2. The van der Waals surface area contributed by atoms with Crippen LogP contribution in [0.2, 0.25) is 0 Å². The molecular weight excluding hydrogens is 322 g/mol. The average Bonchev–Trinajstić information content (AvgIpc) is 2.95. The Kier molecular flexibility index (Phi) is 3.52. The van der Waals surface area contributed by atoms with Crippen LogP contribution in [0.1, 0.15) is 24.2 Å². The zero-order chi connectivity index (χ0) is 17.6. The van der Waals surface area contributed by atoms with Gasteiger partial charge in [0.05, 0.1) is 11.2 Å². The summed E-state index contributed by atoms with van der Waals surface area (Å²) in [6.45, 7) is 2.64. The summed E-state index contributed by atoms with van der Waals surface area (Å²) in [5.74, 6) is -0.345. The number of hydrogen-bond donors (Lipinski definition) is 1. The smallest absolute Gasteiger partial charge is 0.408 e. The number of carbonyl (C=O) groups is 1. The van der Waals surface area contributed by atoms with Gasteiger partial charge in [0.1, 0.15) is 11.9 Å². The Hall–Kier alpha value is -3.16. The molecule has 1 amide bonds. The molecular formula is C17H17N5O3. The van der Waals surface area contributed by atoms with Crippen molar-refractivity contribution < 1.29 is 9.21 Å². The minimum Gasteiger partial charge on any atom is -0.408 e. The molecule has 8 heteroatoms. The molecule has 128 valence electrons. The summed E-state index contributed by atoms with van der Waals surface area (Å²) in [6.07, 6.45) is 0.613. The maximum absolute atomic E-state index is 12.9. The van der Waals surface area contributed by atoms with Crippen LogP contribution in [-0.2, 0) is 17.8 Å². The highest BCUT2D eigenvalue weighted by atomic mass is 16.4. The molecule has 3 aromatic rings. The first-order valence-electron chi connectivity index (χ1n) is 8.04. The lowest BCUT2D eigenvalue weighted by Gasteiger charge is -2.30. The van der Waals surface area contributed by atoms with Crippen molar-refractivity contribution in [3.05, 3.63) is 52.1 Å². The monoisotopic (exact) mass is 339 g/mol.